The molecule has 0 bridgehead atoms. The second kappa shape index (κ2) is 12.8. The minimum absolute atomic E-state index is 0.0719. The molecule has 0 aliphatic heterocycles. The van der Waals surface area contributed by atoms with Gasteiger partial charge in [0.15, 0.2) is 0 Å². The molecule has 0 radical (unpaired) electrons. The van der Waals surface area contributed by atoms with Gasteiger partial charge in [-0.05, 0) is 39.7 Å². The number of nitrogens with one attached hydrogen (secondary N) is 2. The van der Waals surface area contributed by atoms with E-state index in [4.69, 9.17) is 9.90 Å². The second-order valence-corrected chi connectivity index (χ2v) is 7.93. The number of benzene rings is 1. The number of carboxylic acids is 1. The minimum atomic E-state index is -5.08. The fourth-order valence-corrected chi connectivity index (χ4v) is 3.72. The van der Waals surface area contributed by atoms with Crippen LogP contribution in [0.5, 0.6) is 5.75 Å². The molecule has 0 unspecified atom stereocenters. The number of hydrogen-bond donors (Lipinski definition) is 4. The highest BCUT2D eigenvalue weighted by Gasteiger charge is 2.38. The molecule has 14 heteroatoms. The number of phenolic OH excluding ortho intramolecular Hbond substituents is 1. The number of alkyl halides is 3. The predicted octanol–water partition coefficient (Wildman–Crippen LogP) is 3.07. The molecule has 0 atom stereocenters. The monoisotopic (exact) mass is 554 g/mol. The van der Waals surface area contributed by atoms with Gasteiger partial charge in [-0.1, -0.05) is 12.1 Å². The van der Waals surface area contributed by atoms with Crippen LogP contribution in [0.15, 0.2) is 34.8 Å². The van der Waals surface area contributed by atoms with Gasteiger partial charge in [0.2, 0.25) is 0 Å². The second-order valence-electron chi connectivity index (χ2n) is 6.03. The van der Waals surface area contributed by atoms with Gasteiger partial charge < -0.3 is 25.6 Å². The third-order valence-corrected chi connectivity index (χ3v) is 5.59. The van der Waals surface area contributed by atoms with E-state index in [1.54, 1.807) is 30.3 Å². The van der Waals surface area contributed by atoms with Crippen LogP contribution in [0.3, 0.4) is 0 Å². The highest BCUT2D eigenvalue weighted by atomic mass is 79.9. The van der Waals surface area contributed by atoms with E-state index < -0.39 is 18.1 Å². The van der Waals surface area contributed by atoms with Crippen molar-refractivity contribution < 1.29 is 47.3 Å². The Morgan fingerprint density at radius 1 is 1.12 bits per heavy atom. The third-order valence-electron chi connectivity index (χ3n) is 3.57. The molecule has 2 aromatic rings. The van der Waals surface area contributed by atoms with Crippen molar-refractivity contribution in [1.29, 1.82) is 0 Å². The molecule has 0 spiro atoms. The maximum atomic E-state index is 12.3. The average Bonchev–Trinajstić information content (AvgIpc) is 3.13. The molecular weight excluding hydrogens is 537 g/mol. The molecule has 4 N–H and O–H groups in total. The van der Waals surface area contributed by atoms with Gasteiger partial charge in [-0.15, -0.1) is 11.3 Å². The van der Waals surface area contributed by atoms with E-state index in [2.05, 4.69) is 31.3 Å². The molecule has 2 amide bonds. The summed E-state index contributed by atoms with van der Waals surface area (Å²) >= 11 is 4.31. The van der Waals surface area contributed by atoms with Gasteiger partial charge in [0.1, 0.15) is 10.6 Å². The topological polar surface area (TPSA) is 142 Å². The Hall–Kier alpha value is -3.13. The minimum Gasteiger partial charge on any atom is -0.508 e. The van der Waals surface area contributed by atoms with Gasteiger partial charge in [0.25, 0.3) is 11.8 Å². The molecule has 1 aromatic heterocycles. The molecule has 180 valence electrons. The number of ether oxygens (including phenoxy) is 1. The summed E-state index contributed by atoms with van der Waals surface area (Å²) in [6.45, 7) is 0.401. The normalized spacial score (nSPS) is 10.5. The Morgan fingerprint density at radius 2 is 1.76 bits per heavy atom. The number of halogens is 4. The fraction of sp³-hybridized carbons (Fsp3) is 0.263. The van der Waals surface area contributed by atoms with Crippen LogP contribution < -0.4 is 10.6 Å². The number of carbonyl (C=O) groups is 4. The van der Waals surface area contributed by atoms with E-state index >= 15 is 0 Å². The Morgan fingerprint density at radius 3 is 2.30 bits per heavy atom. The first kappa shape index (κ1) is 27.9. The van der Waals surface area contributed by atoms with Crippen LogP contribution in [0.1, 0.15) is 31.3 Å². The summed E-state index contributed by atoms with van der Waals surface area (Å²) in [4.78, 5) is 45.1. The summed E-state index contributed by atoms with van der Waals surface area (Å²) in [6.07, 6.45) is -5.01. The van der Waals surface area contributed by atoms with Gasteiger partial charge >= 0.3 is 18.1 Å². The van der Waals surface area contributed by atoms with E-state index in [1.165, 1.54) is 7.11 Å². The van der Waals surface area contributed by atoms with Crippen molar-refractivity contribution in [2.24, 2.45) is 0 Å². The summed E-state index contributed by atoms with van der Waals surface area (Å²) in [5.74, 6) is -3.75. The number of thiophene rings is 1. The molecule has 0 saturated carbocycles. The lowest BCUT2D eigenvalue weighted by molar-refractivity contribution is -0.192. The van der Waals surface area contributed by atoms with Crippen LogP contribution in [0.4, 0.5) is 13.2 Å². The number of rotatable bonds is 7. The summed E-state index contributed by atoms with van der Waals surface area (Å²) in [5.41, 5.74) is 0.759. The van der Waals surface area contributed by atoms with Gasteiger partial charge in [-0.25, -0.2) is 4.79 Å². The van der Waals surface area contributed by atoms with Crippen molar-refractivity contribution >= 4 is 51.0 Å². The highest BCUT2D eigenvalue weighted by molar-refractivity contribution is 9.10. The summed E-state index contributed by atoms with van der Waals surface area (Å²) in [5, 5.41) is 21.9. The van der Waals surface area contributed by atoms with Crippen molar-refractivity contribution in [1.82, 2.24) is 10.6 Å². The van der Waals surface area contributed by atoms with Crippen LogP contribution >= 0.6 is 27.3 Å². The lowest BCUT2D eigenvalue weighted by Gasteiger charge is -2.04. The summed E-state index contributed by atoms with van der Waals surface area (Å²) in [7, 11) is 1.28. The molecule has 0 aliphatic carbocycles. The fourth-order valence-electron chi connectivity index (χ4n) is 2.03. The molecule has 1 aromatic carbocycles. The number of aromatic hydroxyl groups is 1. The lowest BCUT2D eigenvalue weighted by Crippen LogP contribution is -2.25. The van der Waals surface area contributed by atoms with Gasteiger partial charge in [0.05, 0.1) is 18.4 Å². The Labute approximate surface area is 197 Å². The first-order chi connectivity index (χ1) is 15.3. The molecule has 0 aliphatic rings. The van der Waals surface area contributed by atoms with E-state index in [-0.39, 0.29) is 37.1 Å². The zero-order chi connectivity index (χ0) is 25.2. The van der Waals surface area contributed by atoms with Crippen LogP contribution in [0, 0.1) is 0 Å². The summed E-state index contributed by atoms with van der Waals surface area (Å²) < 4.78 is 36.7. The molecule has 1 heterocycles. The first-order valence-electron chi connectivity index (χ1n) is 8.85. The van der Waals surface area contributed by atoms with E-state index in [0.717, 1.165) is 16.9 Å². The van der Waals surface area contributed by atoms with E-state index in [9.17, 15) is 32.7 Å². The quantitative estimate of drug-likeness (QED) is 0.385. The standard InChI is InChI=1S/C17H17BrN2O5S.C2HF3O2/c1-25-14(22)5-6-19-17(24)15-12(18)8-13(26-15)16(23)20-9-10-3-2-4-11(21)7-10;3-2(4,5)1(6)7/h2-4,7-8,21H,5-6,9H2,1H3,(H,19,24)(H,20,23);(H,6,7). The van der Waals surface area contributed by atoms with Crippen molar-refractivity contribution in [3.63, 3.8) is 0 Å². The zero-order valence-corrected chi connectivity index (χ0v) is 19.3. The average molecular weight is 555 g/mol. The van der Waals surface area contributed by atoms with E-state index in [0.29, 0.717) is 14.2 Å². The van der Waals surface area contributed by atoms with Crippen LogP contribution in [-0.4, -0.2) is 53.8 Å². The number of carboxylic acid groups (broad SMARTS) is 1. The number of aliphatic carboxylic acids is 1. The van der Waals surface area contributed by atoms with E-state index in [1.807, 2.05) is 0 Å². The number of carbonyl (C=O) groups excluding carboxylic acids is 3. The Kier molecular flexibility index (Phi) is 10.8. The SMILES string of the molecule is COC(=O)CCNC(=O)c1sc(C(=O)NCc2cccc(O)c2)cc1Br.O=C(O)C(F)(F)F. The molecule has 2 rings (SSSR count). The zero-order valence-electron chi connectivity index (χ0n) is 16.9. The molecular formula is C19H18BrF3N2O7S. The molecule has 0 saturated heterocycles. The Balaban J connectivity index is 0.000000675. The van der Waals surface area contributed by atoms with Crippen LogP contribution in [0.25, 0.3) is 0 Å². The smallest absolute Gasteiger partial charge is 0.490 e. The first-order valence-corrected chi connectivity index (χ1v) is 10.5. The van der Waals surface area contributed by atoms with Crippen molar-refractivity contribution in [2.45, 2.75) is 19.1 Å². The Bertz CT molecular complexity index is 1010. The number of phenols is 1. The largest absolute Gasteiger partial charge is 0.508 e. The summed E-state index contributed by atoms with van der Waals surface area (Å²) in [6, 6.07) is 8.15. The lowest BCUT2D eigenvalue weighted by atomic mass is 10.2. The van der Waals surface area contributed by atoms with Crippen LogP contribution in [0.2, 0.25) is 0 Å². The van der Waals surface area contributed by atoms with Gasteiger partial charge in [-0.3, -0.25) is 14.4 Å². The molecule has 33 heavy (non-hydrogen) atoms. The van der Waals surface area contributed by atoms with Crippen molar-refractivity contribution in [2.75, 3.05) is 13.7 Å². The molecule has 0 fully saturated rings. The van der Waals surface area contributed by atoms with Crippen molar-refractivity contribution in [3.05, 3.63) is 50.1 Å². The number of amides is 2. The maximum Gasteiger partial charge on any atom is 0.490 e. The number of hydrogen-bond acceptors (Lipinski definition) is 7. The van der Waals surface area contributed by atoms with Gasteiger partial charge in [-0.2, -0.15) is 13.2 Å². The maximum absolute atomic E-state index is 12.3. The van der Waals surface area contributed by atoms with Crippen LogP contribution in [-0.2, 0) is 20.9 Å². The number of esters is 1. The van der Waals surface area contributed by atoms with Gasteiger partial charge in [0, 0.05) is 17.6 Å². The number of methoxy groups -OCH3 is 1. The third kappa shape index (κ3) is 9.91. The van der Waals surface area contributed by atoms with Crippen molar-refractivity contribution in [3.8, 4) is 5.75 Å². The predicted molar refractivity (Wildman–Crippen MR) is 114 cm³/mol. The highest BCUT2D eigenvalue weighted by Crippen LogP contribution is 2.27. The molecule has 9 nitrogen and oxygen atoms in total.